The fourth-order valence-corrected chi connectivity index (χ4v) is 22.0. The smallest absolute Gasteiger partial charge is 0.00199 e. The first kappa shape index (κ1) is 86.8. The Labute approximate surface area is 840 Å². The van der Waals surface area contributed by atoms with E-state index in [9.17, 15) is 0 Å². The van der Waals surface area contributed by atoms with Crippen molar-refractivity contribution in [3.63, 3.8) is 0 Å². The van der Waals surface area contributed by atoms with E-state index in [0.717, 1.165) is 0 Å². The van der Waals surface area contributed by atoms with Crippen LogP contribution in [-0.2, 0) is 0 Å². The molecule has 0 heterocycles. The van der Waals surface area contributed by atoms with Gasteiger partial charge in [-0.15, -0.1) is 0 Å². The quantitative estimate of drug-likeness (QED) is 0.0898. The SMILES string of the molecule is c1ccc(-c2ccc(-c3c4ccc(-c5ccccc5)cc4c(-c4ccc5ccccc5c4)c4ccc(-c5ccccc5)cc34)cc2)cc1.c1ccc(-c2ccc(-c3ccc4c(-c5cccc6ccccc56)c5ccccc5c(-c5cccc6ccccc56)c4c3)cc2)cc1.c1ccc(-c2cccc(-c3ccc4c(-c5cccc(-c6ccccc6)c5)c5ccccc5c(-c5cccc(-c6ccccc6)c5)c4c3)c2)cc1. The maximum absolute atomic E-state index is 2.42. The van der Waals surface area contributed by atoms with E-state index in [1.54, 1.807) is 0 Å². The fourth-order valence-electron chi connectivity index (χ4n) is 22.0. The van der Waals surface area contributed by atoms with Gasteiger partial charge in [-0.2, -0.15) is 0 Å². The molecule has 0 aliphatic rings. The van der Waals surface area contributed by atoms with Crippen LogP contribution in [0.25, 0.3) is 264 Å². The summed E-state index contributed by atoms with van der Waals surface area (Å²) in [5.74, 6) is 0. The summed E-state index contributed by atoms with van der Waals surface area (Å²) in [6.07, 6.45) is 0. The number of benzene rings is 27. The minimum Gasteiger partial charge on any atom is -0.0622 e. The van der Waals surface area contributed by atoms with Crippen molar-refractivity contribution in [2.45, 2.75) is 0 Å². The summed E-state index contributed by atoms with van der Waals surface area (Å²) in [4.78, 5) is 0. The lowest BCUT2D eigenvalue weighted by molar-refractivity contribution is 1.59. The van der Waals surface area contributed by atoms with Crippen LogP contribution < -0.4 is 0 Å². The molecule has 672 valence electrons. The standard InChI is InChI=1S/C50H34.C48H32.C46H30/c1-4-15-35(16-5-1)38-21-12-24-41(31-38)42-29-30-47-48(34-42)50(44-26-14-23-40(33-44)37-19-8-3-9-20-37)46-28-11-10-27-45(46)49(47)43-25-13-22-39(32-43)36-17-6-2-7-18-36;1-4-12-33(13-5-1)37-20-23-38(24-21-37)47-43-28-26-41(35-16-8-3-9-17-35)32-46(43)48(42-25-22-36-18-10-11-19-39(36)30-42)44-29-27-40(31-45(44)47)34-14-6-2-7-15-34;1-2-12-31(13-3-1)32-24-26-33(27-25-32)36-28-29-43-44(30-36)46(40-23-11-17-35-15-5-7-19-38(35)40)42-21-9-8-20-41(42)45(43)39-22-10-16-34-14-4-6-18-37(34)39/h1-34H;1-32H;1-30H. The van der Waals surface area contributed by atoms with Gasteiger partial charge < -0.3 is 0 Å². The van der Waals surface area contributed by atoms with Gasteiger partial charge in [0.1, 0.15) is 0 Å². The van der Waals surface area contributed by atoms with Gasteiger partial charge >= 0.3 is 0 Å². The van der Waals surface area contributed by atoms with Crippen molar-refractivity contribution in [3.05, 3.63) is 582 Å². The maximum Gasteiger partial charge on any atom is -0.00199 e. The summed E-state index contributed by atoms with van der Waals surface area (Å²) >= 11 is 0. The molecule has 0 saturated heterocycles. The van der Waals surface area contributed by atoms with Gasteiger partial charge in [-0.05, 0) is 312 Å². The molecule has 0 saturated carbocycles. The molecule has 0 atom stereocenters. The molecule has 0 heteroatoms. The minimum absolute atomic E-state index is 1.20. The van der Waals surface area contributed by atoms with Gasteiger partial charge in [0, 0.05) is 0 Å². The first-order valence-corrected chi connectivity index (χ1v) is 49.8. The topological polar surface area (TPSA) is 0 Å². The Morgan fingerprint density at radius 3 is 0.618 bits per heavy atom. The number of fused-ring (bicyclic) bond motifs is 9. The third-order valence-corrected chi connectivity index (χ3v) is 29.0. The summed E-state index contributed by atoms with van der Waals surface area (Å²) in [5.41, 5.74) is 37.0. The highest BCUT2D eigenvalue weighted by Gasteiger charge is 2.25. The number of hydrogen-bond acceptors (Lipinski definition) is 0. The summed E-state index contributed by atoms with van der Waals surface area (Å²) in [7, 11) is 0. The van der Waals surface area contributed by atoms with E-state index < -0.39 is 0 Å². The van der Waals surface area contributed by atoms with E-state index >= 15 is 0 Å². The molecule has 27 aromatic carbocycles. The van der Waals surface area contributed by atoms with E-state index in [0.29, 0.717) is 0 Å². The van der Waals surface area contributed by atoms with Gasteiger partial charge in [-0.1, -0.05) is 534 Å². The molecule has 144 heavy (non-hydrogen) atoms. The molecule has 27 aromatic rings. The Kier molecular flexibility index (Phi) is 23.3. The minimum atomic E-state index is 1.20. The second-order valence-corrected chi connectivity index (χ2v) is 37.5. The van der Waals surface area contributed by atoms with Crippen molar-refractivity contribution in [2.24, 2.45) is 0 Å². The number of rotatable bonds is 15. The Morgan fingerprint density at radius 2 is 0.250 bits per heavy atom. The molecule has 0 spiro atoms. The Hall–Kier alpha value is -18.7. The molecule has 0 fully saturated rings. The summed E-state index contributed by atoms with van der Waals surface area (Å²) < 4.78 is 0. The third kappa shape index (κ3) is 16.8. The van der Waals surface area contributed by atoms with Gasteiger partial charge in [-0.3, -0.25) is 0 Å². The zero-order chi connectivity index (χ0) is 95.6. The maximum atomic E-state index is 2.42. The predicted octanol–water partition coefficient (Wildman–Crippen LogP) is 40.4. The fraction of sp³-hybridized carbons (Fsp3) is 0. The van der Waals surface area contributed by atoms with Gasteiger partial charge in [0.05, 0.1) is 0 Å². The van der Waals surface area contributed by atoms with Crippen molar-refractivity contribution in [3.8, 4) is 167 Å². The lowest BCUT2D eigenvalue weighted by Crippen LogP contribution is -1.93. The van der Waals surface area contributed by atoms with Crippen LogP contribution in [0.5, 0.6) is 0 Å². The Morgan fingerprint density at radius 1 is 0.0694 bits per heavy atom. The molecular formula is C144H96. The molecule has 0 aliphatic heterocycles. The first-order chi connectivity index (χ1) is 71.4. The zero-order valence-corrected chi connectivity index (χ0v) is 79.4. The van der Waals surface area contributed by atoms with Crippen LogP contribution >= 0.6 is 0 Å². The average molecular weight is 1830 g/mol. The summed E-state index contributed by atoms with van der Waals surface area (Å²) in [5, 5.41) is 22.6. The molecule has 0 unspecified atom stereocenters. The molecule has 27 rings (SSSR count). The number of hydrogen-bond donors (Lipinski definition) is 0. The van der Waals surface area contributed by atoms with Crippen LogP contribution in [0.3, 0.4) is 0 Å². The lowest BCUT2D eigenvalue weighted by atomic mass is 9.83. The Bertz CT molecular complexity index is 9470. The molecular weight excluding hydrogens is 1730 g/mol. The van der Waals surface area contributed by atoms with E-state index in [4.69, 9.17) is 0 Å². The van der Waals surface area contributed by atoms with Crippen LogP contribution in [0, 0.1) is 0 Å². The van der Waals surface area contributed by atoms with Crippen LogP contribution in [0.15, 0.2) is 582 Å². The average Bonchev–Trinajstić information content (AvgIpc) is 0.720. The van der Waals surface area contributed by atoms with Crippen LogP contribution in [0.4, 0.5) is 0 Å². The van der Waals surface area contributed by atoms with Gasteiger partial charge in [-0.25, -0.2) is 0 Å². The summed E-state index contributed by atoms with van der Waals surface area (Å²) in [6, 6.07) is 212. The highest BCUT2D eigenvalue weighted by atomic mass is 14.3. The van der Waals surface area contributed by atoms with E-state index in [-0.39, 0.29) is 0 Å². The Balaban J connectivity index is 0.000000113. The van der Waals surface area contributed by atoms with Gasteiger partial charge in [0.25, 0.3) is 0 Å². The molecule has 0 amide bonds. The van der Waals surface area contributed by atoms with Crippen LogP contribution in [-0.4, -0.2) is 0 Å². The van der Waals surface area contributed by atoms with Crippen molar-refractivity contribution in [1.29, 1.82) is 0 Å². The predicted molar refractivity (Wildman–Crippen MR) is 618 cm³/mol. The summed E-state index contributed by atoms with van der Waals surface area (Å²) in [6.45, 7) is 0. The molecule has 0 nitrogen and oxygen atoms in total. The molecule has 0 radical (unpaired) electrons. The van der Waals surface area contributed by atoms with Gasteiger partial charge in [0.15, 0.2) is 0 Å². The van der Waals surface area contributed by atoms with E-state index in [2.05, 4.69) is 582 Å². The molecule has 0 aliphatic carbocycles. The monoisotopic (exact) mass is 1820 g/mol. The van der Waals surface area contributed by atoms with Crippen molar-refractivity contribution in [2.75, 3.05) is 0 Å². The van der Waals surface area contributed by atoms with E-state index in [1.807, 2.05) is 0 Å². The molecule has 0 N–H and O–H groups in total. The normalized spacial score (nSPS) is 11.3. The highest BCUT2D eigenvalue weighted by Crippen LogP contribution is 2.53. The second-order valence-electron chi connectivity index (χ2n) is 37.5. The van der Waals surface area contributed by atoms with Crippen molar-refractivity contribution < 1.29 is 0 Å². The zero-order valence-electron chi connectivity index (χ0n) is 79.4. The molecule has 0 bridgehead atoms. The molecule has 0 aromatic heterocycles. The third-order valence-electron chi connectivity index (χ3n) is 29.0. The lowest BCUT2D eigenvalue weighted by Gasteiger charge is -2.20. The first-order valence-electron chi connectivity index (χ1n) is 49.8. The van der Waals surface area contributed by atoms with Crippen molar-refractivity contribution in [1.82, 2.24) is 0 Å². The van der Waals surface area contributed by atoms with Gasteiger partial charge in [0.2, 0.25) is 0 Å². The van der Waals surface area contributed by atoms with Crippen molar-refractivity contribution >= 4 is 97.0 Å². The highest BCUT2D eigenvalue weighted by molar-refractivity contribution is 6.28. The second kappa shape index (κ2) is 38.6. The van der Waals surface area contributed by atoms with Crippen LogP contribution in [0.1, 0.15) is 0 Å². The van der Waals surface area contributed by atoms with Crippen LogP contribution in [0.2, 0.25) is 0 Å². The van der Waals surface area contributed by atoms with E-state index in [1.165, 1.54) is 264 Å². The largest absolute Gasteiger partial charge is 0.0622 e.